The van der Waals surface area contributed by atoms with Gasteiger partial charge in [-0.2, -0.15) is 0 Å². The van der Waals surface area contributed by atoms with Gasteiger partial charge in [-0.3, -0.25) is 9.59 Å². The summed E-state index contributed by atoms with van der Waals surface area (Å²) >= 11 is 5.93. The van der Waals surface area contributed by atoms with Crippen molar-refractivity contribution >= 4 is 29.1 Å². The van der Waals surface area contributed by atoms with Gasteiger partial charge >= 0.3 is 0 Å². The number of carbonyl (C=O) groups is 2. The second-order valence-corrected chi connectivity index (χ2v) is 6.57. The maximum atomic E-state index is 12.6. The second kappa shape index (κ2) is 7.32. The molecule has 0 aliphatic carbocycles. The van der Waals surface area contributed by atoms with Crippen LogP contribution in [0.5, 0.6) is 0 Å². The highest BCUT2D eigenvalue weighted by molar-refractivity contribution is 6.46. The molecule has 1 heterocycles. The van der Waals surface area contributed by atoms with E-state index >= 15 is 0 Å². The molecule has 1 saturated heterocycles. The number of hydrogen-bond acceptors (Lipinski definition) is 4. The zero-order chi connectivity index (χ0) is 18.8. The topological polar surface area (TPSA) is 77.8 Å². The summed E-state index contributed by atoms with van der Waals surface area (Å²) in [7, 11) is 0. The van der Waals surface area contributed by atoms with Crippen LogP contribution >= 0.6 is 11.6 Å². The van der Waals surface area contributed by atoms with Crippen molar-refractivity contribution in [3.05, 3.63) is 75.8 Å². The molecule has 6 heteroatoms. The monoisotopic (exact) mass is 371 g/mol. The van der Waals surface area contributed by atoms with Crippen molar-refractivity contribution in [1.29, 1.82) is 0 Å². The van der Waals surface area contributed by atoms with Crippen LogP contribution in [-0.4, -0.2) is 40.0 Å². The summed E-state index contributed by atoms with van der Waals surface area (Å²) in [4.78, 5) is 26.3. The quantitative estimate of drug-likeness (QED) is 0.492. The van der Waals surface area contributed by atoms with Crippen LogP contribution in [0.25, 0.3) is 5.76 Å². The van der Waals surface area contributed by atoms with E-state index in [-0.39, 0.29) is 24.5 Å². The third kappa shape index (κ3) is 3.23. The predicted molar refractivity (Wildman–Crippen MR) is 98.7 cm³/mol. The predicted octanol–water partition coefficient (Wildman–Crippen LogP) is 3.06. The first kappa shape index (κ1) is 18.2. The third-order valence-corrected chi connectivity index (χ3v) is 4.64. The van der Waals surface area contributed by atoms with E-state index < -0.39 is 17.7 Å². The summed E-state index contributed by atoms with van der Waals surface area (Å²) < 4.78 is 0. The van der Waals surface area contributed by atoms with Gasteiger partial charge in [-0.05, 0) is 24.6 Å². The van der Waals surface area contributed by atoms with E-state index in [0.29, 0.717) is 16.1 Å². The van der Waals surface area contributed by atoms with Gasteiger partial charge in [0.2, 0.25) is 0 Å². The van der Waals surface area contributed by atoms with Crippen LogP contribution < -0.4 is 0 Å². The zero-order valence-electron chi connectivity index (χ0n) is 14.1. The number of likely N-dealkylation sites (tertiary alicyclic amines) is 1. The normalized spacial score (nSPS) is 19.2. The minimum absolute atomic E-state index is 0.00891. The summed E-state index contributed by atoms with van der Waals surface area (Å²) in [5, 5.41) is 20.6. The number of benzene rings is 2. The van der Waals surface area contributed by atoms with Crippen molar-refractivity contribution in [3.8, 4) is 0 Å². The van der Waals surface area contributed by atoms with E-state index in [4.69, 9.17) is 11.6 Å². The smallest absolute Gasteiger partial charge is 0.295 e. The second-order valence-electron chi connectivity index (χ2n) is 6.13. The fourth-order valence-electron chi connectivity index (χ4n) is 3.08. The zero-order valence-corrected chi connectivity index (χ0v) is 14.9. The van der Waals surface area contributed by atoms with Crippen molar-refractivity contribution in [2.75, 3.05) is 13.2 Å². The van der Waals surface area contributed by atoms with Gasteiger partial charge in [-0.25, -0.2) is 0 Å². The van der Waals surface area contributed by atoms with E-state index in [0.717, 1.165) is 5.56 Å². The van der Waals surface area contributed by atoms with Crippen molar-refractivity contribution in [1.82, 2.24) is 4.90 Å². The molecule has 1 fully saturated rings. The molecule has 5 nitrogen and oxygen atoms in total. The molecule has 1 atom stereocenters. The number of aryl methyl sites for hydroxylation is 1. The van der Waals surface area contributed by atoms with Crippen molar-refractivity contribution in [2.45, 2.75) is 13.0 Å². The Balaban J connectivity index is 2.17. The molecule has 2 aromatic rings. The third-order valence-electron chi connectivity index (χ3n) is 4.39. The maximum absolute atomic E-state index is 12.6. The number of Topliss-reactive ketones (excluding diaryl/α,β-unsaturated/α-hetero) is 1. The van der Waals surface area contributed by atoms with E-state index in [2.05, 4.69) is 0 Å². The summed E-state index contributed by atoms with van der Waals surface area (Å²) in [6.07, 6.45) is 0. The minimum atomic E-state index is -0.777. The number of carbonyl (C=O) groups excluding carboxylic acids is 2. The van der Waals surface area contributed by atoms with Gasteiger partial charge in [-0.1, -0.05) is 53.6 Å². The molecule has 0 saturated carbocycles. The number of amides is 1. The largest absolute Gasteiger partial charge is 0.507 e. The van der Waals surface area contributed by atoms with Gasteiger partial charge in [0.15, 0.2) is 0 Å². The molecule has 0 bridgehead atoms. The van der Waals surface area contributed by atoms with Crippen LogP contribution in [0, 0.1) is 6.92 Å². The van der Waals surface area contributed by atoms with Gasteiger partial charge in [0, 0.05) is 17.1 Å². The lowest BCUT2D eigenvalue weighted by Gasteiger charge is -2.24. The Hall–Kier alpha value is -2.63. The van der Waals surface area contributed by atoms with Gasteiger partial charge in [0.25, 0.3) is 11.7 Å². The fourth-order valence-corrected chi connectivity index (χ4v) is 3.20. The van der Waals surface area contributed by atoms with E-state index in [1.807, 2.05) is 19.1 Å². The van der Waals surface area contributed by atoms with E-state index in [1.165, 1.54) is 4.90 Å². The molecule has 1 aliphatic rings. The number of aliphatic hydroxyl groups is 2. The Bertz CT molecular complexity index is 872. The van der Waals surface area contributed by atoms with Crippen molar-refractivity contribution in [2.24, 2.45) is 0 Å². The van der Waals surface area contributed by atoms with Crippen molar-refractivity contribution in [3.63, 3.8) is 0 Å². The molecule has 1 amide bonds. The number of ketones is 1. The average Bonchev–Trinajstić information content (AvgIpc) is 2.88. The van der Waals surface area contributed by atoms with Gasteiger partial charge in [0.1, 0.15) is 5.76 Å². The van der Waals surface area contributed by atoms with Crippen LogP contribution in [0.4, 0.5) is 0 Å². The summed E-state index contributed by atoms with van der Waals surface area (Å²) in [6.45, 7) is 1.61. The maximum Gasteiger partial charge on any atom is 0.295 e. The number of aliphatic hydroxyl groups excluding tert-OH is 2. The van der Waals surface area contributed by atoms with Crippen LogP contribution in [0.15, 0.2) is 54.1 Å². The Labute approximate surface area is 156 Å². The highest BCUT2D eigenvalue weighted by Crippen LogP contribution is 2.39. The molecular weight excluding hydrogens is 354 g/mol. The Morgan fingerprint density at radius 2 is 1.69 bits per heavy atom. The summed E-state index contributed by atoms with van der Waals surface area (Å²) in [6, 6.07) is 13.0. The first-order chi connectivity index (χ1) is 12.4. The van der Waals surface area contributed by atoms with Crippen molar-refractivity contribution < 1.29 is 19.8 Å². The number of nitrogens with zero attached hydrogens (tertiary/aromatic N) is 1. The molecule has 3 rings (SSSR count). The molecule has 1 unspecified atom stereocenters. The van der Waals surface area contributed by atoms with Crippen LogP contribution in [0.1, 0.15) is 22.7 Å². The van der Waals surface area contributed by atoms with E-state index in [1.54, 1.807) is 36.4 Å². The molecule has 1 aliphatic heterocycles. The van der Waals surface area contributed by atoms with Crippen LogP contribution in [-0.2, 0) is 9.59 Å². The minimum Gasteiger partial charge on any atom is -0.507 e. The lowest BCUT2D eigenvalue weighted by atomic mass is 9.95. The number of β-amino-alcohol motifs (C(OH)–C–C–N with tert-alkyl or cyclic N) is 1. The lowest BCUT2D eigenvalue weighted by molar-refractivity contribution is -0.140. The average molecular weight is 372 g/mol. The Kier molecular flexibility index (Phi) is 5.11. The molecule has 0 spiro atoms. The molecular formula is C20H18ClNO4. The standard InChI is InChI=1S/C20H18ClNO4/c1-12-2-4-14(5-3-12)18(24)16-17(13-6-8-15(21)9-7-13)22(10-11-23)20(26)19(16)25/h2-9,17,23-24H,10-11H2,1H3/b18-16-. The first-order valence-corrected chi connectivity index (χ1v) is 8.53. The molecule has 2 aromatic carbocycles. The number of rotatable bonds is 4. The molecule has 2 N–H and O–H groups in total. The van der Waals surface area contributed by atoms with Gasteiger partial charge < -0.3 is 15.1 Å². The SMILES string of the molecule is Cc1ccc(/C(O)=C2/C(=O)C(=O)N(CCO)C2c2ccc(Cl)cc2)cc1. The molecule has 0 radical (unpaired) electrons. The molecule has 26 heavy (non-hydrogen) atoms. The van der Waals surface area contributed by atoms with Gasteiger partial charge in [0.05, 0.1) is 18.2 Å². The van der Waals surface area contributed by atoms with E-state index in [9.17, 15) is 19.8 Å². The summed E-state index contributed by atoms with van der Waals surface area (Å²) in [5.41, 5.74) is 2.11. The fraction of sp³-hybridized carbons (Fsp3) is 0.200. The number of hydrogen-bond donors (Lipinski definition) is 2. The van der Waals surface area contributed by atoms with Gasteiger partial charge in [-0.15, -0.1) is 0 Å². The molecule has 0 aromatic heterocycles. The Morgan fingerprint density at radius 1 is 1.08 bits per heavy atom. The first-order valence-electron chi connectivity index (χ1n) is 8.16. The highest BCUT2D eigenvalue weighted by Gasteiger charge is 2.45. The lowest BCUT2D eigenvalue weighted by Crippen LogP contribution is -2.32. The van der Waals surface area contributed by atoms with Crippen LogP contribution in [0.2, 0.25) is 5.02 Å². The molecule has 134 valence electrons. The van der Waals surface area contributed by atoms with Crippen LogP contribution in [0.3, 0.4) is 0 Å². The summed E-state index contributed by atoms with van der Waals surface area (Å²) in [5.74, 6) is -1.74. The number of halogens is 1. The Morgan fingerprint density at radius 3 is 2.27 bits per heavy atom. The highest BCUT2D eigenvalue weighted by atomic mass is 35.5.